The molecule has 0 aliphatic heterocycles. The molecule has 19 heavy (non-hydrogen) atoms. The Hall–Kier alpha value is -1.94. The topological polar surface area (TPSA) is 55.2 Å². The van der Waals surface area contributed by atoms with Gasteiger partial charge in [-0.2, -0.15) is 0 Å². The number of ether oxygens (including phenoxy) is 1. The summed E-state index contributed by atoms with van der Waals surface area (Å²) in [7, 11) is 1.57. The summed E-state index contributed by atoms with van der Waals surface area (Å²) in [5.41, 5.74) is 3.41. The van der Waals surface area contributed by atoms with Crippen molar-refractivity contribution in [3.05, 3.63) is 53.5 Å². The number of hydrogen-bond acceptors (Lipinski definition) is 4. The third-order valence-electron chi connectivity index (χ3n) is 3.68. The molecule has 0 saturated heterocycles. The van der Waals surface area contributed by atoms with Crippen molar-refractivity contribution in [2.45, 2.75) is 24.9 Å². The van der Waals surface area contributed by atoms with Gasteiger partial charge in [0, 0.05) is 18.4 Å². The number of aliphatic hydroxyl groups is 1. The van der Waals surface area contributed by atoms with E-state index in [1.165, 1.54) is 17.5 Å². The predicted molar refractivity (Wildman–Crippen MR) is 71.2 cm³/mol. The number of rotatable bonds is 4. The SMILES string of the molecule is COc1cc(CC(O)C2Cc3ccccc32)ncn1. The van der Waals surface area contributed by atoms with E-state index in [1.807, 2.05) is 12.1 Å². The molecule has 3 rings (SSSR count). The fourth-order valence-electron chi connectivity index (χ4n) is 2.60. The molecule has 0 radical (unpaired) electrons. The van der Waals surface area contributed by atoms with Crippen molar-refractivity contribution in [1.29, 1.82) is 0 Å². The number of aromatic nitrogens is 2. The number of benzene rings is 1. The highest BCUT2D eigenvalue weighted by atomic mass is 16.5. The minimum Gasteiger partial charge on any atom is -0.481 e. The van der Waals surface area contributed by atoms with Crippen molar-refractivity contribution in [2.24, 2.45) is 0 Å². The smallest absolute Gasteiger partial charge is 0.216 e. The van der Waals surface area contributed by atoms with Crippen LogP contribution in [0, 0.1) is 0 Å². The Morgan fingerprint density at radius 2 is 2.21 bits per heavy atom. The highest BCUT2D eigenvalue weighted by Gasteiger charge is 2.31. The minimum absolute atomic E-state index is 0.220. The average molecular weight is 256 g/mol. The van der Waals surface area contributed by atoms with E-state index < -0.39 is 6.10 Å². The van der Waals surface area contributed by atoms with Crippen LogP contribution in [-0.2, 0) is 12.8 Å². The normalized spacial score (nSPS) is 18.3. The van der Waals surface area contributed by atoms with Crippen LogP contribution < -0.4 is 4.74 Å². The lowest BCUT2D eigenvalue weighted by atomic mass is 9.73. The lowest BCUT2D eigenvalue weighted by Crippen LogP contribution is -2.30. The van der Waals surface area contributed by atoms with Gasteiger partial charge < -0.3 is 9.84 Å². The zero-order chi connectivity index (χ0) is 13.2. The Bertz CT molecular complexity index is 586. The van der Waals surface area contributed by atoms with Crippen molar-refractivity contribution in [1.82, 2.24) is 9.97 Å². The summed E-state index contributed by atoms with van der Waals surface area (Å²) >= 11 is 0. The Morgan fingerprint density at radius 1 is 1.37 bits per heavy atom. The summed E-state index contributed by atoms with van der Waals surface area (Å²) in [5.74, 6) is 0.753. The van der Waals surface area contributed by atoms with E-state index in [0.717, 1.165) is 12.1 Å². The van der Waals surface area contributed by atoms with Gasteiger partial charge in [-0.15, -0.1) is 0 Å². The number of methoxy groups -OCH3 is 1. The maximum atomic E-state index is 10.3. The third kappa shape index (κ3) is 2.31. The molecule has 1 aromatic carbocycles. The number of hydrogen-bond donors (Lipinski definition) is 1. The van der Waals surface area contributed by atoms with Gasteiger partial charge in [-0.25, -0.2) is 9.97 Å². The number of fused-ring (bicyclic) bond motifs is 1. The van der Waals surface area contributed by atoms with Gasteiger partial charge in [-0.3, -0.25) is 0 Å². The van der Waals surface area contributed by atoms with E-state index >= 15 is 0 Å². The van der Waals surface area contributed by atoms with Gasteiger partial charge in [0.05, 0.1) is 18.9 Å². The van der Waals surface area contributed by atoms with Crippen LogP contribution in [0.4, 0.5) is 0 Å². The highest BCUT2D eigenvalue weighted by molar-refractivity contribution is 5.41. The van der Waals surface area contributed by atoms with E-state index in [1.54, 1.807) is 13.2 Å². The molecule has 98 valence electrons. The molecule has 1 aliphatic carbocycles. The monoisotopic (exact) mass is 256 g/mol. The molecular formula is C15H16N2O2. The van der Waals surface area contributed by atoms with Gasteiger partial charge in [0.25, 0.3) is 0 Å². The van der Waals surface area contributed by atoms with E-state index in [2.05, 4.69) is 22.1 Å². The average Bonchev–Trinajstić information content (AvgIpc) is 2.40. The van der Waals surface area contributed by atoms with Crippen LogP contribution in [0.15, 0.2) is 36.7 Å². The van der Waals surface area contributed by atoms with E-state index in [0.29, 0.717) is 12.3 Å². The van der Waals surface area contributed by atoms with Gasteiger partial charge in [-0.05, 0) is 17.5 Å². The van der Waals surface area contributed by atoms with Crippen LogP contribution in [-0.4, -0.2) is 28.3 Å². The number of nitrogens with zero attached hydrogens (tertiary/aromatic N) is 2. The lowest BCUT2D eigenvalue weighted by molar-refractivity contribution is 0.132. The van der Waals surface area contributed by atoms with E-state index in [9.17, 15) is 5.11 Å². The van der Waals surface area contributed by atoms with Crippen molar-refractivity contribution in [3.8, 4) is 5.88 Å². The zero-order valence-electron chi connectivity index (χ0n) is 10.8. The summed E-state index contributed by atoms with van der Waals surface area (Å²) in [5, 5.41) is 10.3. The predicted octanol–water partition coefficient (Wildman–Crippen LogP) is 1.73. The van der Waals surface area contributed by atoms with Crippen LogP contribution in [0.1, 0.15) is 22.7 Å². The van der Waals surface area contributed by atoms with Crippen LogP contribution in [0.5, 0.6) is 5.88 Å². The standard InChI is InChI=1S/C15H16N2O2/c1-19-15-8-11(16-9-17-15)7-14(18)13-6-10-4-2-3-5-12(10)13/h2-5,8-9,13-14,18H,6-7H2,1H3. The van der Waals surface area contributed by atoms with Crippen molar-refractivity contribution >= 4 is 0 Å². The summed E-state index contributed by atoms with van der Waals surface area (Å²) in [4.78, 5) is 8.14. The second kappa shape index (κ2) is 4.97. The molecule has 0 amide bonds. The molecular weight excluding hydrogens is 240 g/mol. The summed E-state index contributed by atoms with van der Waals surface area (Å²) in [6, 6.07) is 10.0. The molecule has 2 atom stereocenters. The molecule has 0 saturated carbocycles. The van der Waals surface area contributed by atoms with Crippen LogP contribution in [0.25, 0.3) is 0 Å². The Morgan fingerprint density at radius 3 is 3.00 bits per heavy atom. The quantitative estimate of drug-likeness (QED) is 0.905. The first-order valence-electron chi connectivity index (χ1n) is 6.38. The summed E-state index contributed by atoms with van der Waals surface area (Å²) in [6.07, 6.45) is 2.53. The first kappa shape index (κ1) is 12.1. The third-order valence-corrected chi connectivity index (χ3v) is 3.68. The van der Waals surface area contributed by atoms with Gasteiger partial charge >= 0.3 is 0 Å². The summed E-state index contributed by atoms with van der Waals surface area (Å²) < 4.78 is 5.06. The van der Waals surface area contributed by atoms with E-state index in [4.69, 9.17) is 4.74 Å². The second-order valence-electron chi connectivity index (χ2n) is 4.83. The van der Waals surface area contributed by atoms with Crippen LogP contribution in [0.2, 0.25) is 0 Å². The molecule has 1 N–H and O–H groups in total. The molecule has 1 heterocycles. The number of aliphatic hydroxyl groups excluding tert-OH is 1. The van der Waals surface area contributed by atoms with Crippen LogP contribution >= 0.6 is 0 Å². The fraction of sp³-hybridized carbons (Fsp3) is 0.333. The second-order valence-corrected chi connectivity index (χ2v) is 4.83. The maximum absolute atomic E-state index is 10.3. The van der Waals surface area contributed by atoms with Gasteiger partial charge in [0.1, 0.15) is 6.33 Å². The lowest BCUT2D eigenvalue weighted by Gasteiger charge is -2.33. The van der Waals surface area contributed by atoms with Gasteiger partial charge in [0.15, 0.2) is 0 Å². The molecule has 0 spiro atoms. The molecule has 0 bridgehead atoms. The first-order valence-corrected chi connectivity index (χ1v) is 6.38. The Kier molecular flexibility index (Phi) is 3.17. The largest absolute Gasteiger partial charge is 0.481 e. The maximum Gasteiger partial charge on any atom is 0.216 e. The van der Waals surface area contributed by atoms with Crippen molar-refractivity contribution < 1.29 is 9.84 Å². The zero-order valence-corrected chi connectivity index (χ0v) is 10.8. The highest BCUT2D eigenvalue weighted by Crippen LogP contribution is 2.38. The molecule has 2 unspecified atom stereocenters. The first-order chi connectivity index (χ1) is 9.28. The molecule has 4 nitrogen and oxygen atoms in total. The van der Waals surface area contributed by atoms with Gasteiger partial charge in [-0.1, -0.05) is 24.3 Å². The molecule has 0 fully saturated rings. The Balaban J connectivity index is 1.71. The minimum atomic E-state index is -0.408. The summed E-state index contributed by atoms with van der Waals surface area (Å²) in [6.45, 7) is 0. The molecule has 4 heteroatoms. The Labute approximate surface area is 112 Å². The van der Waals surface area contributed by atoms with Crippen LogP contribution in [0.3, 0.4) is 0 Å². The van der Waals surface area contributed by atoms with Crippen molar-refractivity contribution in [3.63, 3.8) is 0 Å². The molecule has 1 aromatic heterocycles. The molecule has 1 aliphatic rings. The van der Waals surface area contributed by atoms with Crippen molar-refractivity contribution in [2.75, 3.05) is 7.11 Å². The van der Waals surface area contributed by atoms with E-state index in [-0.39, 0.29) is 5.92 Å². The van der Waals surface area contributed by atoms with Gasteiger partial charge in [0.2, 0.25) is 5.88 Å². The fourth-order valence-corrected chi connectivity index (χ4v) is 2.60. The molecule has 2 aromatic rings.